The molecule has 0 aliphatic heterocycles. The molecule has 0 fully saturated rings. The van der Waals surface area contributed by atoms with Gasteiger partial charge in [0.25, 0.3) is 0 Å². The van der Waals surface area contributed by atoms with Gasteiger partial charge in [-0.1, -0.05) is 74.5 Å². The Morgan fingerprint density at radius 3 is 1.88 bits per heavy atom. The van der Waals surface area contributed by atoms with E-state index in [-0.39, 0.29) is 12.3 Å². The van der Waals surface area contributed by atoms with E-state index in [0.717, 1.165) is 11.1 Å². The molecule has 0 aliphatic carbocycles. The molecule has 3 atom stereocenters. The van der Waals surface area contributed by atoms with Crippen LogP contribution in [0, 0.1) is 5.92 Å². The van der Waals surface area contributed by atoms with Gasteiger partial charge in [0, 0.05) is 6.42 Å². The number of aliphatic carboxylic acids is 1. The van der Waals surface area contributed by atoms with E-state index in [0.29, 0.717) is 25.7 Å². The lowest BCUT2D eigenvalue weighted by Gasteiger charge is -2.25. The van der Waals surface area contributed by atoms with E-state index in [9.17, 15) is 24.3 Å². The molecule has 0 heterocycles. The lowest BCUT2D eigenvalue weighted by atomic mass is 10.00. The van der Waals surface area contributed by atoms with Crippen molar-refractivity contribution >= 4 is 24.2 Å². The second kappa shape index (κ2) is 13.8. The highest BCUT2D eigenvalue weighted by molar-refractivity contribution is 5.92. The number of aryl methyl sites for hydroxylation is 1. The zero-order valence-corrected chi connectivity index (χ0v) is 19.6. The third-order valence-electron chi connectivity index (χ3n) is 5.39. The maximum atomic E-state index is 13.0. The first kappa shape index (κ1) is 26.6. The molecule has 2 unspecified atom stereocenters. The number of carboxylic acid groups (broad SMARTS) is 1. The van der Waals surface area contributed by atoms with Crippen molar-refractivity contribution in [2.75, 3.05) is 0 Å². The fraction of sp³-hybridized carbons (Fsp3) is 0.385. The Bertz CT molecular complexity index is 934. The minimum atomic E-state index is -1.16. The van der Waals surface area contributed by atoms with Crippen LogP contribution in [0.3, 0.4) is 0 Å². The highest BCUT2D eigenvalue weighted by Gasteiger charge is 2.29. The highest BCUT2D eigenvalue weighted by Crippen LogP contribution is 2.10. The summed E-state index contributed by atoms with van der Waals surface area (Å²) >= 11 is 0. The van der Waals surface area contributed by atoms with Gasteiger partial charge in [0.2, 0.25) is 18.2 Å². The zero-order valence-electron chi connectivity index (χ0n) is 19.6. The number of nitrogens with one attached hydrogen (secondary N) is 3. The fourth-order valence-electron chi connectivity index (χ4n) is 3.63. The van der Waals surface area contributed by atoms with Crippen molar-refractivity contribution in [1.82, 2.24) is 16.0 Å². The van der Waals surface area contributed by atoms with Crippen molar-refractivity contribution in [2.24, 2.45) is 5.92 Å². The van der Waals surface area contributed by atoms with Crippen LogP contribution < -0.4 is 16.0 Å². The van der Waals surface area contributed by atoms with Gasteiger partial charge in [-0.25, -0.2) is 4.79 Å². The summed E-state index contributed by atoms with van der Waals surface area (Å²) < 4.78 is 0. The third kappa shape index (κ3) is 9.05. The Labute approximate surface area is 200 Å². The number of amides is 3. The van der Waals surface area contributed by atoms with Crippen LogP contribution in [0.25, 0.3) is 0 Å². The molecule has 0 saturated heterocycles. The zero-order chi connectivity index (χ0) is 24.9. The van der Waals surface area contributed by atoms with E-state index in [1.807, 2.05) is 50.2 Å². The monoisotopic (exact) mass is 467 g/mol. The molecule has 182 valence electrons. The molecule has 0 saturated carbocycles. The summed E-state index contributed by atoms with van der Waals surface area (Å²) in [5.41, 5.74) is 1.80. The molecule has 34 heavy (non-hydrogen) atoms. The molecule has 0 radical (unpaired) electrons. The van der Waals surface area contributed by atoms with Crippen molar-refractivity contribution in [1.29, 1.82) is 0 Å². The van der Waals surface area contributed by atoms with Gasteiger partial charge in [0.15, 0.2) is 0 Å². The Kier molecular flexibility index (Phi) is 10.8. The minimum absolute atomic E-state index is 0.0650. The van der Waals surface area contributed by atoms with Crippen LogP contribution in [-0.2, 0) is 32.0 Å². The molecule has 8 heteroatoms. The van der Waals surface area contributed by atoms with Crippen molar-refractivity contribution < 1.29 is 24.3 Å². The van der Waals surface area contributed by atoms with E-state index in [1.165, 1.54) is 0 Å². The normalized spacial score (nSPS) is 13.4. The summed E-state index contributed by atoms with van der Waals surface area (Å²) in [4.78, 5) is 48.8. The standard InChI is InChI=1S/C26H33N3O5/c1-18(2)15-22(25(32)29-23(26(33)34)16-20-11-7-4-8-12-20)28-24(31)21(27-17-30)14-13-19-9-5-3-6-10-19/h3-12,17-18,21-23H,13-16H2,1-2H3,(H,27,30)(H,28,31)(H,29,32)(H,33,34)/t21-,22?,23?/m0/s1. The fourth-order valence-corrected chi connectivity index (χ4v) is 3.63. The van der Waals surface area contributed by atoms with Gasteiger partial charge in [0.05, 0.1) is 0 Å². The predicted octanol–water partition coefficient (Wildman–Crippen LogP) is 2.08. The van der Waals surface area contributed by atoms with Crippen LogP contribution in [0.15, 0.2) is 60.7 Å². The van der Waals surface area contributed by atoms with Gasteiger partial charge in [-0.05, 0) is 36.3 Å². The van der Waals surface area contributed by atoms with E-state index < -0.39 is 35.9 Å². The third-order valence-corrected chi connectivity index (χ3v) is 5.39. The Morgan fingerprint density at radius 1 is 0.824 bits per heavy atom. The number of hydrogen-bond donors (Lipinski definition) is 4. The Balaban J connectivity index is 2.07. The number of hydrogen-bond acceptors (Lipinski definition) is 4. The quantitative estimate of drug-likeness (QED) is 0.317. The van der Waals surface area contributed by atoms with Crippen LogP contribution in [0.2, 0.25) is 0 Å². The average Bonchev–Trinajstić information content (AvgIpc) is 2.81. The second-order valence-corrected chi connectivity index (χ2v) is 8.64. The number of rotatable bonds is 14. The molecule has 0 spiro atoms. The van der Waals surface area contributed by atoms with Crippen LogP contribution in [-0.4, -0.2) is 47.4 Å². The lowest BCUT2D eigenvalue weighted by molar-refractivity contribution is -0.142. The second-order valence-electron chi connectivity index (χ2n) is 8.64. The van der Waals surface area contributed by atoms with Crippen LogP contribution in [0.4, 0.5) is 0 Å². The first-order chi connectivity index (χ1) is 16.3. The minimum Gasteiger partial charge on any atom is -0.480 e. The summed E-state index contributed by atoms with van der Waals surface area (Å²) in [6.07, 6.45) is 1.83. The van der Waals surface area contributed by atoms with Gasteiger partial charge in [0.1, 0.15) is 18.1 Å². The molecule has 4 N–H and O–H groups in total. The molecular weight excluding hydrogens is 434 g/mol. The molecule has 2 aromatic carbocycles. The highest BCUT2D eigenvalue weighted by atomic mass is 16.4. The van der Waals surface area contributed by atoms with E-state index in [1.54, 1.807) is 24.3 Å². The van der Waals surface area contributed by atoms with Crippen molar-refractivity contribution in [3.63, 3.8) is 0 Å². The van der Waals surface area contributed by atoms with Gasteiger partial charge in [-0.3, -0.25) is 14.4 Å². The van der Waals surface area contributed by atoms with Crippen LogP contribution in [0.5, 0.6) is 0 Å². The molecule has 3 amide bonds. The SMILES string of the molecule is CC(C)CC(NC(=O)[C@H](CCc1ccccc1)NC=O)C(=O)NC(Cc1ccccc1)C(=O)O. The largest absolute Gasteiger partial charge is 0.480 e. The number of carbonyl (C=O) groups is 4. The summed E-state index contributed by atoms with van der Waals surface area (Å²) in [5.74, 6) is -2.15. The van der Waals surface area contributed by atoms with Gasteiger partial charge < -0.3 is 21.1 Å². The predicted molar refractivity (Wildman–Crippen MR) is 129 cm³/mol. The van der Waals surface area contributed by atoms with Crippen molar-refractivity contribution in [3.8, 4) is 0 Å². The molecule has 0 aliphatic rings. The number of carboxylic acids is 1. The molecule has 8 nitrogen and oxygen atoms in total. The number of benzene rings is 2. The summed E-state index contributed by atoms with van der Waals surface area (Å²) in [6.45, 7) is 3.81. The van der Waals surface area contributed by atoms with Crippen LogP contribution in [0.1, 0.15) is 37.8 Å². The summed E-state index contributed by atoms with van der Waals surface area (Å²) in [7, 11) is 0. The first-order valence-electron chi connectivity index (χ1n) is 11.4. The van der Waals surface area contributed by atoms with Gasteiger partial charge >= 0.3 is 5.97 Å². The average molecular weight is 468 g/mol. The molecular formula is C26H33N3O5. The van der Waals surface area contributed by atoms with Gasteiger partial charge in [-0.2, -0.15) is 0 Å². The van der Waals surface area contributed by atoms with E-state index in [2.05, 4.69) is 16.0 Å². The summed E-state index contributed by atoms with van der Waals surface area (Å²) in [5, 5.41) is 17.4. The van der Waals surface area contributed by atoms with Gasteiger partial charge in [-0.15, -0.1) is 0 Å². The topological polar surface area (TPSA) is 125 Å². The molecule has 0 aromatic heterocycles. The van der Waals surface area contributed by atoms with Crippen LogP contribution >= 0.6 is 0 Å². The maximum absolute atomic E-state index is 13.0. The van der Waals surface area contributed by atoms with E-state index >= 15 is 0 Å². The smallest absolute Gasteiger partial charge is 0.326 e. The van der Waals surface area contributed by atoms with Crippen molar-refractivity contribution in [3.05, 3.63) is 71.8 Å². The summed E-state index contributed by atoms with van der Waals surface area (Å²) in [6, 6.07) is 15.7. The Hall–Kier alpha value is -3.68. The first-order valence-corrected chi connectivity index (χ1v) is 11.4. The number of carbonyl (C=O) groups excluding carboxylic acids is 3. The Morgan fingerprint density at radius 2 is 1.35 bits per heavy atom. The van der Waals surface area contributed by atoms with Crippen molar-refractivity contribution in [2.45, 2.75) is 57.7 Å². The molecule has 2 rings (SSSR count). The maximum Gasteiger partial charge on any atom is 0.326 e. The van der Waals surface area contributed by atoms with E-state index in [4.69, 9.17) is 0 Å². The molecule has 0 bridgehead atoms. The molecule has 2 aromatic rings. The lowest BCUT2D eigenvalue weighted by Crippen LogP contribution is -2.55.